The quantitative estimate of drug-likeness (QED) is 0.374. The van der Waals surface area contributed by atoms with E-state index in [0.29, 0.717) is 35.5 Å². The van der Waals surface area contributed by atoms with Crippen LogP contribution in [0.15, 0.2) is 61.2 Å². The Labute approximate surface area is 173 Å². The molecular weight excluding hydrogens is 380 g/mol. The number of esters is 1. The molecule has 0 aliphatic rings. The predicted octanol–water partition coefficient (Wildman–Crippen LogP) is 3.76. The normalized spacial score (nSPS) is 11.0. The number of methoxy groups -OCH3 is 1. The minimum atomic E-state index is -0.537. The van der Waals surface area contributed by atoms with Crippen LogP contribution in [0.4, 0.5) is 5.82 Å². The van der Waals surface area contributed by atoms with Crippen molar-refractivity contribution in [3.05, 3.63) is 72.3 Å². The van der Waals surface area contributed by atoms with Gasteiger partial charge in [-0.2, -0.15) is 0 Å². The van der Waals surface area contributed by atoms with Crippen molar-refractivity contribution in [2.75, 3.05) is 19.5 Å². The molecule has 7 heteroatoms. The van der Waals surface area contributed by atoms with Crippen molar-refractivity contribution in [3.63, 3.8) is 0 Å². The lowest BCUT2D eigenvalue weighted by atomic mass is 10.1. The van der Waals surface area contributed by atoms with Crippen LogP contribution in [-0.4, -0.2) is 34.2 Å². The highest BCUT2D eigenvalue weighted by molar-refractivity contribution is 6.08. The zero-order valence-electron chi connectivity index (χ0n) is 16.7. The number of fused-ring (bicyclic) bond motifs is 2. The Morgan fingerprint density at radius 3 is 2.50 bits per heavy atom. The van der Waals surface area contributed by atoms with E-state index in [-0.39, 0.29) is 12.2 Å². The van der Waals surface area contributed by atoms with Crippen molar-refractivity contribution in [2.24, 2.45) is 0 Å². The Hall–Kier alpha value is -3.87. The van der Waals surface area contributed by atoms with Crippen molar-refractivity contribution in [2.45, 2.75) is 13.0 Å². The largest absolute Gasteiger partial charge is 0.497 e. The molecule has 2 aromatic heterocycles. The van der Waals surface area contributed by atoms with Gasteiger partial charge in [-0.05, 0) is 36.2 Å². The number of para-hydroxylation sites is 2. The molecule has 0 radical (unpaired) electrons. The summed E-state index contributed by atoms with van der Waals surface area (Å²) in [6.07, 6.45) is 2.21. The second-order valence-electron chi connectivity index (χ2n) is 6.78. The maximum atomic E-state index is 12.7. The third kappa shape index (κ3) is 3.57. The summed E-state index contributed by atoms with van der Waals surface area (Å²) >= 11 is 0. The summed E-state index contributed by atoms with van der Waals surface area (Å²) in [5.74, 6) is 0.558. The van der Waals surface area contributed by atoms with Gasteiger partial charge in [0.25, 0.3) is 0 Å². The molecule has 0 unspecified atom stereocenters. The van der Waals surface area contributed by atoms with E-state index >= 15 is 0 Å². The van der Waals surface area contributed by atoms with Crippen molar-refractivity contribution in [1.29, 1.82) is 0 Å². The molecule has 0 bridgehead atoms. The van der Waals surface area contributed by atoms with E-state index in [0.717, 1.165) is 16.8 Å². The molecule has 0 atom stereocenters. The number of nitrogen functional groups attached to an aromatic ring is 1. The van der Waals surface area contributed by atoms with Gasteiger partial charge in [0.15, 0.2) is 5.65 Å². The van der Waals surface area contributed by atoms with E-state index < -0.39 is 5.97 Å². The van der Waals surface area contributed by atoms with Crippen molar-refractivity contribution < 1.29 is 14.3 Å². The van der Waals surface area contributed by atoms with Crippen LogP contribution in [0.1, 0.15) is 15.9 Å². The van der Waals surface area contributed by atoms with E-state index in [1.807, 2.05) is 53.1 Å². The smallest absolute Gasteiger partial charge is 0.344 e. The van der Waals surface area contributed by atoms with E-state index in [4.69, 9.17) is 20.2 Å². The summed E-state index contributed by atoms with van der Waals surface area (Å²) in [4.78, 5) is 22.1. The number of rotatable bonds is 7. The highest BCUT2D eigenvalue weighted by Crippen LogP contribution is 2.29. The summed E-state index contributed by atoms with van der Waals surface area (Å²) in [6, 6.07) is 15.3. The number of carbonyl (C=O) groups excluding carboxylic acids is 1. The summed E-state index contributed by atoms with van der Waals surface area (Å²) in [7, 11) is 1.64. The standard InChI is InChI=1S/C23H22N4O3/c1-3-14-30-23(28)19-20-22(26-18-7-5-4-6-17(18)25-20)27(21(19)24)13-12-15-8-10-16(29-2)11-9-15/h3-11H,1,12-14,24H2,2H3. The highest BCUT2D eigenvalue weighted by atomic mass is 16.5. The fraction of sp³-hybridized carbons (Fsp3) is 0.174. The number of aryl methyl sites for hydroxylation is 2. The molecule has 0 fully saturated rings. The molecule has 4 rings (SSSR count). The first-order valence-electron chi connectivity index (χ1n) is 9.57. The fourth-order valence-electron chi connectivity index (χ4n) is 3.38. The molecule has 0 amide bonds. The monoisotopic (exact) mass is 402 g/mol. The first kappa shape index (κ1) is 19.4. The molecule has 152 valence electrons. The number of nitrogens with zero attached hydrogens (tertiary/aromatic N) is 3. The van der Waals surface area contributed by atoms with Gasteiger partial charge in [0.05, 0.1) is 18.1 Å². The fourth-order valence-corrected chi connectivity index (χ4v) is 3.38. The summed E-state index contributed by atoms with van der Waals surface area (Å²) in [5.41, 5.74) is 10.2. The summed E-state index contributed by atoms with van der Waals surface area (Å²) in [6.45, 7) is 4.22. The zero-order valence-corrected chi connectivity index (χ0v) is 16.7. The van der Waals surface area contributed by atoms with E-state index in [1.165, 1.54) is 6.08 Å². The van der Waals surface area contributed by atoms with Crippen LogP contribution < -0.4 is 10.5 Å². The predicted molar refractivity (Wildman–Crippen MR) is 117 cm³/mol. The number of aromatic nitrogens is 3. The zero-order chi connectivity index (χ0) is 21.1. The van der Waals surface area contributed by atoms with Crippen LogP contribution in [0.5, 0.6) is 5.75 Å². The average molecular weight is 402 g/mol. The third-order valence-electron chi connectivity index (χ3n) is 4.91. The Morgan fingerprint density at radius 2 is 1.83 bits per heavy atom. The maximum Gasteiger partial charge on any atom is 0.344 e. The van der Waals surface area contributed by atoms with Crippen LogP contribution in [0.3, 0.4) is 0 Å². The molecule has 2 N–H and O–H groups in total. The van der Waals surface area contributed by atoms with Crippen LogP contribution >= 0.6 is 0 Å². The van der Waals surface area contributed by atoms with Crippen molar-refractivity contribution in [3.8, 4) is 5.75 Å². The lowest BCUT2D eigenvalue weighted by molar-refractivity contribution is 0.0553. The van der Waals surface area contributed by atoms with E-state index in [2.05, 4.69) is 11.6 Å². The van der Waals surface area contributed by atoms with E-state index in [1.54, 1.807) is 7.11 Å². The van der Waals surface area contributed by atoms with Gasteiger partial charge in [-0.25, -0.2) is 14.8 Å². The van der Waals surface area contributed by atoms with Crippen LogP contribution in [0.2, 0.25) is 0 Å². The molecule has 0 saturated carbocycles. The number of nitrogens with two attached hydrogens (primary N) is 1. The summed E-state index contributed by atoms with van der Waals surface area (Å²) < 4.78 is 12.3. The molecule has 2 heterocycles. The number of anilines is 1. The lowest BCUT2D eigenvalue weighted by Crippen LogP contribution is -2.11. The molecule has 0 aliphatic carbocycles. The third-order valence-corrected chi connectivity index (χ3v) is 4.91. The van der Waals surface area contributed by atoms with Gasteiger partial charge in [0.1, 0.15) is 29.3 Å². The number of carbonyl (C=O) groups is 1. The summed E-state index contributed by atoms with van der Waals surface area (Å²) in [5, 5.41) is 0. The minimum absolute atomic E-state index is 0.0950. The number of hydrogen-bond acceptors (Lipinski definition) is 6. The Balaban J connectivity index is 1.78. The molecule has 0 aliphatic heterocycles. The topological polar surface area (TPSA) is 92.3 Å². The first-order chi connectivity index (χ1) is 14.6. The SMILES string of the molecule is C=CCOC(=O)c1c(N)n(CCc2ccc(OC)cc2)c2nc3ccccc3nc12. The Kier molecular flexibility index (Phi) is 5.34. The molecule has 7 nitrogen and oxygen atoms in total. The number of hydrogen-bond donors (Lipinski definition) is 1. The molecule has 2 aromatic carbocycles. The second-order valence-corrected chi connectivity index (χ2v) is 6.78. The molecule has 0 spiro atoms. The average Bonchev–Trinajstić information content (AvgIpc) is 3.05. The highest BCUT2D eigenvalue weighted by Gasteiger charge is 2.24. The Bertz CT molecular complexity index is 1230. The van der Waals surface area contributed by atoms with Gasteiger partial charge >= 0.3 is 5.97 Å². The van der Waals surface area contributed by atoms with Crippen LogP contribution in [0, 0.1) is 0 Å². The van der Waals surface area contributed by atoms with Crippen molar-refractivity contribution >= 4 is 34.0 Å². The Morgan fingerprint density at radius 1 is 1.13 bits per heavy atom. The van der Waals surface area contributed by atoms with Crippen LogP contribution in [-0.2, 0) is 17.7 Å². The van der Waals surface area contributed by atoms with Gasteiger partial charge in [0.2, 0.25) is 0 Å². The molecular formula is C23H22N4O3. The van der Waals surface area contributed by atoms with Gasteiger partial charge in [0, 0.05) is 6.54 Å². The number of benzene rings is 2. The first-order valence-corrected chi connectivity index (χ1v) is 9.57. The maximum absolute atomic E-state index is 12.7. The molecule has 4 aromatic rings. The van der Waals surface area contributed by atoms with Crippen LogP contribution in [0.25, 0.3) is 22.2 Å². The van der Waals surface area contributed by atoms with Gasteiger partial charge in [-0.15, -0.1) is 0 Å². The van der Waals surface area contributed by atoms with Crippen molar-refractivity contribution in [1.82, 2.24) is 14.5 Å². The lowest BCUT2D eigenvalue weighted by Gasteiger charge is -2.09. The number of ether oxygens (including phenoxy) is 2. The van der Waals surface area contributed by atoms with E-state index in [9.17, 15) is 4.79 Å². The molecule has 30 heavy (non-hydrogen) atoms. The van der Waals surface area contributed by atoms with Gasteiger partial charge in [-0.3, -0.25) is 0 Å². The second kappa shape index (κ2) is 8.24. The molecule has 0 saturated heterocycles. The van der Waals surface area contributed by atoms with Gasteiger partial charge in [-0.1, -0.05) is 36.9 Å². The van der Waals surface area contributed by atoms with Gasteiger partial charge < -0.3 is 19.8 Å². The minimum Gasteiger partial charge on any atom is -0.497 e.